The van der Waals surface area contributed by atoms with Crippen molar-refractivity contribution in [2.45, 2.75) is 65.7 Å². The van der Waals surface area contributed by atoms with Gasteiger partial charge >= 0.3 is 0 Å². The lowest BCUT2D eigenvalue weighted by Gasteiger charge is -2.38. The number of carbonyl (C=O) groups is 1. The van der Waals surface area contributed by atoms with E-state index in [4.69, 9.17) is 10.7 Å². The number of aromatic nitrogens is 1. The number of carbonyl (C=O) groups excluding carboxylic acids is 1. The van der Waals surface area contributed by atoms with Crippen LogP contribution in [0.15, 0.2) is 36.5 Å². The van der Waals surface area contributed by atoms with E-state index in [0.717, 1.165) is 48.6 Å². The Bertz CT molecular complexity index is 1190. The van der Waals surface area contributed by atoms with Crippen molar-refractivity contribution in [3.05, 3.63) is 64.5 Å². The number of hydrogen-bond acceptors (Lipinski definition) is 4. The number of nitrogens with one attached hydrogen (secondary N) is 2. The Kier molecular flexibility index (Phi) is 8.20. The number of amidine groups is 1. The highest BCUT2D eigenvalue weighted by Crippen LogP contribution is 2.37. The zero-order chi connectivity index (χ0) is 25.7. The molecule has 6 heteroatoms. The van der Waals surface area contributed by atoms with Crippen molar-refractivity contribution in [3.63, 3.8) is 0 Å². The average molecular weight is 484 g/mol. The van der Waals surface area contributed by atoms with Gasteiger partial charge in [-0.3, -0.25) is 15.2 Å². The van der Waals surface area contributed by atoms with Gasteiger partial charge in [-0.1, -0.05) is 31.4 Å². The number of nitrogens with zero attached hydrogens (tertiary/aromatic N) is 3. The molecule has 36 heavy (non-hydrogen) atoms. The molecule has 1 amide bonds. The molecule has 2 fully saturated rings. The first-order valence-electron chi connectivity index (χ1n) is 13.2. The van der Waals surface area contributed by atoms with Crippen LogP contribution in [0.25, 0.3) is 5.57 Å². The Balaban J connectivity index is 1.49. The number of anilines is 1. The summed E-state index contributed by atoms with van der Waals surface area (Å²) in [5.74, 6) is 1.46. The van der Waals surface area contributed by atoms with Gasteiger partial charge < -0.3 is 10.2 Å². The van der Waals surface area contributed by atoms with Crippen LogP contribution in [0.2, 0.25) is 0 Å². The first-order valence-corrected chi connectivity index (χ1v) is 13.2. The quantitative estimate of drug-likeness (QED) is 0.375. The van der Waals surface area contributed by atoms with Crippen LogP contribution in [0.3, 0.4) is 0 Å². The molecule has 0 atom stereocenters. The van der Waals surface area contributed by atoms with Crippen molar-refractivity contribution in [1.29, 1.82) is 10.7 Å². The molecule has 2 aliphatic rings. The zero-order valence-corrected chi connectivity index (χ0v) is 21.7. The minimum absolute atomic E-state index is 0.247. The molecule has 4 rings (SSSR count). The van der Waals surface area contributed by atoms with Gasteiger partial charge in [0.1, 0.15) is 0 Å². The summed E-state index contributed by atoms with van der Waals surface area (Å²) in [4.78, 5) is 19.9. The molecule has 2 aromatic rings. The fraction of sp³-hybridized carbons (Fsp3) is 0.467. The number of pyridine rings is 1. The van der Waals surface area contributed by atoms with Gasteiger partial charge in [0.25, 0.3) is 5.91 Å². The van der Waals surface area contributed by atoms with Crippen LogP contribution in [0.1, 0.15) is 84.6 Å². The number of allylic oxidation sites excluding steroid dienone is 2. The largest absolute Gasteiger partial charge is 0.360 e. The number of likely N-dealkylation sites (tertiary alicyclic amines) is 1. The lowest BCUT2D eigenvalue weighted by molar-refractivity contribution is 0.102. The second kappa shape index (κ2) is 11.5. The molecule has 0 spiro atoms. The first kappa shape index (κ1) is 25.6. The monoisotopic (exact) mass is 483 g/mol. The molecule has 0 radical (unpaired) electrons. The van der Waals surface area contributed by atoms with E-state index >= 15 is 0 Å². The van der Waals surface area contributed by atoms with E-state index in [1.165, 1.54) is 37.7 Å². The van der Waals surface area contributed by atoms with Gasteiger partial charge in [-0.25, -0.2) is 0 Å². The van der Waals surface area contributed by atoms with Gasteiger partial charge in [0, 0.05) is 35.8 Å². The third-order valence-corrected chi connectivity index (χ3v) is 7.90. The molecule has 1 saturated heterocycles. The smallest absolute Gasteiger partial charge is 0.255 e. The van der Waals surface area contributed by atoms with Crippen LogP contribution in [0.4, 0.5) is 5.69 Å². The third kappa shape index (κ3) is 5.51. The van der Waals surface area contributed by atoms with Crippen LogP contribution < -0.4 is 5.32 Å². The van der Waals surface area contributed by atoms with E-state index in [9.17, 15) is 4.79 Å². The molecule has 2 N–H and O–H groups in total. The summed E-state index contributed by atoms with van der Waals surface area (Å²) in [5.41, 5.74) is 5.97. The lowest BCUT2D eigenvalue weighted by atomic mass is 9.81. The number of hydrogen-bond donors (Lipinski definition) is 2. The maximum Gasteiger partial charge on any atom is 0.255 e. The molecule has 1 saturated carbocycles. The Morgan fingerprint density at radius 1 is 1.14 bits per heavy atom. The van der Waals surface area contributed by atoms with Crippen molar-refractivity contribution in [1.82, 2.24) is 9.88 Å². The van der Waals surface area contributed by atoms with E-state index in [0.29, 0.717) is 28.7 Å². The summed E-state index contributed by atoms with van der Waals surface area (Å²) in [7, 11) is 0. The van der Waals surface area contributed by atoms with E-state index in [-0.39, 0.29) is 5.91 Å². The Morgan fingerprint density at radius 2 is 1.86 bits per heavy atom. The highest BCUT2D eigenvalue weighted by molar-refractivity contribution is 6.05. The predicted molar refractivity (Wildman–Crippen MR) is 145 cm³/mol. The number of nitriles is 1. The molecule has 0 unspecified atom stereocenters. The summed E-state index contributed by atoms with van der Waals surface area (Å²) in [6.45, 7) is 8.01. The summed E-state index contributed by atoms with van der Waals surface area (Å²) in [6.07, 6.45) is 12.1. The van der Waals surface area contributed by atoms with Gasteiger partial charge in [-0.15, -0.1) is 0 Å². The highest BCUT2D eigenvalue weighted by Gasteiger charge is 2.29. The minimum Gasteiger partial charge on any atom is -0.360 e. The molecule has 188 valence electrons. The van der Waals surface area contributed by atoms with Gasteiger partial charge in [0.05, 0.1) is 29.4 Å². The van der Waals surface area contributed by atoms with E-state index < -0.39 is 0 Å². The van der Waals surface area contributed by atoms with Crippen molar-refractivity contribution in [2.24, 2.45) is 11.8 Å². The molecular formula is C30H37N5O. The number of benzene rings is 1. The summed E-state index contributed by atoms with van der Waals surface area (Å²) >= 11 is 0. The number of piperidine rings is 1. The maximum absolute atomic E-state index is 12.9. The number of amides is 1. The standard InChI is InChI=1S/C30H37N5O/c1-4-26(23-13-15-35(16-14-23)29(32)24-10-6-5-7-11-24)28-20(2)27(19-33-21(28)3)34-30(36)25-12-8-9-22(17-25)18-31/h4,8-9,12,17,19,23-24,32H,5-7,10-11,13-16H2,1-3H3,(H,34,36)/b26-4-,32-29?. The van der Waals surface area contributed by atoms with E-state index in [1.807, 2.05) is 13.8 Å². The van der Waals surface area contributed by atoms with Crippen LogP contribution in [0.5, 0.6) is 0 Å². The fourth-order valence-corrected chi connectivity index (χ4v) is 5.85. The average Bonchev–Trinajstić information content (AvgIpc) is 2.92. The van der Waals surface area contributed by atoms with Gasteiger partial charge in [-0.05, 0) is 81.7 Å². The molecule has 1 aliphatic heterocycles. The molecule has 6 nitrogen and oxygen atoms in total. The molecule has 1 aromatic heterocycles. The van der Waals surface area contributed by atoms with E-state index in [2.05, 4.69) is 34.3 Å². The Hall–Kier alpha value is -3.46. The van der Waals surface area contributed by atoms with Crippen molar-refractivity contribution in [3.8, 4) is 6.07 Å². The highest BCUT2D eigenvalue weighted by atomic mass is 16.1. The summed E-state index contributed by atoms with van der Waals surface area (Å²) in [5, 5.41) is 20.9. The number of rotatable bonds is 5. The van der Waals surface area contributed by atoms with Crippen molar-refractivity contribution in [2.75, 3.05) is 18.4 Å². The van der Waals surface area contributed by atoms with Crippen LogP contribution in [0, 0.1) is 42.4 Å². The van der Waals surface area contributed by atoms with Crippen LogP contribution in [-0.2, 0) is 0 Å². The molecule has 0 bridgehead atoms. The summed E-state index contributed by atoms with van der Waals surface area (Å²) in [6, 6.07) is 8.81. The predicted octanol–water partition coefficient (Wildman–Crippen LogP) is 6.50. The molecule has 1 aliphatic carbocycles. The fourth-order valence-electron chi connectivity index (χ4n) is 5.85. The molecule has 1 aromatic carbocycles. The Morgan fingerprint density at radius 3 is 2.53 bits per heavy atom. The van der Waals surface area contributed by atoms with E-state index in [1.54, 1.807) is 30.5 Å². The topological polar surface area (TPSA) is 92.9 Å². The lowest BCUT2D eigenvalue weighted by Crippen LogP contribution is -2.42. The second-order valence-electron chi connectivity index (χ2n) is 10.1. The van der Waals surface area contributed by atoms with Gasteiger partial charge in [-0.2, -0.15) is 5.26 Å². The van der Waals surface area contributed by atoms with Crippen LogP contribution >= 0.6 is 0 Å². The van der Waals surface area contributed by atoms with Crippen molar-refractivity contribution >= 4 is 23.0 Å². The number of aryl methyl sites for hydroxylation is 1. The Labute approximate surface area is 214 Å². The van der Waals surface area contributed by atoms with Crippen LogP contribution in [-0.4, -0.2) is 34.7 Å². The summed E-state index contributed by atoms with van der Waals surface area (Å²) < 4.78 is 0. The normalized spacial score (nSPS) is 17.5. The maximum atomic E-state index is 12.9. The SMILES string of the molecule is C/C=C(\c1c(C)ncc(NC(=O)c2cccc(C#N)c2)c1C)C1CCN(C(=N)C2CCCCC2)CC1. The second-order valence-corrected chi connectivity index (χ2v) is 10.1. The van der Waals surface area contributed by atoms with Gasteiger partial charge in [0.2, 0.25) is 0 Å². The zero-order valence-electron chi connectivity index (χ0n) is 21.7. The minimum atomic E-state index is -0.247. The molecular weight excluding hydrogens is 446 g/mol. The van der Waals surface area contributed by atoms with Crippen molar-refractivity contribution < 1.29 is 4.79 Å². The van der Waals surface area contributed by atoms with Gasteiger partial charge in [0.15, 0.2) is 0 Å². The first-order chi connectivity index (χ1) is 17.4. The third-order valence-electron chi connectivity index (χ3n) is 7.90. The molecule has 2 heterocycles.